The Morgan fingerprint density at radius 3 is 2.59 bits per heavy atom. The summed E-state index contributed by atoms with van der Waals surface area (Å²) in [6, 6.07) is 3.83. The van der Waals surface area contributed by atoms with E-state index in [4.69, 9.17) is 5.73 Å². The van der Waals surface area contributed by atoms with Crippen LogP contribution in [-0.4, -0.2) is 16.4 Å². The predicted octanol–water partition coefficient (Wildman–Crippen LogP) is 2.15. The van der Waals surface area contributed by atoms with Gasteiger partial charge < -0.3 is 11.1 Å². The second-order valence-electron chi connectivity index (χ2n) is 5.21. The molecule has 0 bridgehead atoms. The van der Waals surface area contributed by atoms with Gasteiger partial charge >= 0.3 is 0 Å². The first-order valence-electron chi connectivity index (χ1n) is 5.80. The van der Waals surface area contributed by atoms with Crippen LogP contribution in [0.15, 0.2) is 12.1 Å². The maximum atomic E-state index is 11.7. The van der Waals surface area contributed by atoms with Crippen molar-refractivity contribution in [3.8, 4) is 0 Å². The summed E-state index contributed by atoms with van der Waals surface area (Å²) < 4.78 is 0. The summed E-state index contributed by atoms with van der Waals surface area (Å²) in [7, 11) is 0. The highest BCUT2D eigenvalue weighted by molar-refractivity contribution is 5.89. The second kappa shape index (κ2) is 5.27. The van der Waals surface area contributed by atoms with Gasteiger partial charge in [-0.25, -0.2) is 4.98 Å². The average molecular weight is 235 g/mol. The van der Waals surface area contributed by atoms with Gasteiger partial charge in [-0.1, -0.05) is 0 Å². The van der Waals surface area contributed by atoms with Crippen molar-refractivity contribution >= 4 is 11.7 Å². The molecule has 1 heterocycles. The standard InChI is InChI=1S/C13H21N3O/c1-9-7-10(2)15-11(8-9)16-12(17)5-6-13(3,4)14/h7-8H,5-6,14H2,1-4H3,(H,15,16,17). The highest BCUT2D eigenvalue weighted by atomic mass is 16.1. The Labute approximate surface area is 103 Å². The number of carbonyl (C=O) groups excluding carboxylic acids is 1. The van der Waals surface area contributed by atoms with Gasteiger partial charge in [0.15, 0.2) is 0 Å². The average Bonchev–Trinajstić information content (AvgIpc) is 2.11. The van der Waals surface area contributed by atoms with Crippen LogP contribution in [0.3, 0.4) is 0 Å². The van der Waals surface area contributed by atoms with Crippen molar-refractivity contribution in [1.29, 1.82) is 0 Å². The molecule has 0 unspecified atom stereocenters. The Bertz CT molecular complexity index is 387. The van der Waals surface area contributed by atoms with E-state index in [0.717, 1.165) is 11.3 Å². The minimum absolute atomic E-state index is 0.0407. The minimum Gasteiger partial charge on any atom is -0.326 e. The Balaban J connectivity index is 2.56. The number of hydrogen-bond acceptors (Lipinski definition) is 3. The molecule has 1 aromatic heterocycles. The number of nitrogens with two attached hydrogens (primary N) is 1. The van der Waals surface area contributed by atoms with Gasteiger partial charge in [0.1, 0.15) is 5.82 Å². The lowest BCUT2D eigenvalue weighted by atomic mass is 10.00. The van der Waals surface area contributed by atoms with E-state index >= 15 is 0 Å². The molecule has 0 aromatic carbocycles. The molecule has 17 heavy (non-hydrogen) atoms. The molecule has 94 valence electrons. The van der Waals surface area contributed by atoms with Gasteiger partial charge in [0.25, 0.3) is 0 Å². The van der Waals surface area contributed by atoms with E-state index in [0.29, 0.717) is 18.7 Å². The van der Waals surface area contributed by atoms with Crippen LogP contribution in [0, 0.1) is 13.8 Å². The highest BCUT2D eigenvalue weighted by Gasteiger charge is 2.13. The van der Waals surface area contributed by atoms with E-state index in [1.165, 1.54) is 0 Å². The van der Waals surface area contributed by atoms with Crippen LogP contribution in [0.4, 0.5) is 5.82 Å². The molecular formula is C13H21N3O. The third kappa shape index (κ3) is 5.45. The maximum absolute atomic E-state index is 11.7. The van der Waals surface area contributed by atoms with E-state index < -0.39 is 0 Å². The molecular weight excluding hydrogens is 214 g/mol. The molecule has 0 aliphatic rings. The first kappa shape index (κ1) is 13.6. The number of nitrogens with one attached hydrogen (secondary N) is 1. The molecule has 1 rings (SSSR count). The van der Waals surface area contributed by atoms with Crippen molar-refractivity contribution in [3.05, 3.63) is 23.4 Å². The van der Waals surface area contributed by atoms with Crippen LogP contribution >= 0.6 is 0 Å². The van der Waals surface area contributed by atoms with Gasteiger partial charge in [-0.3, -0.25) is 4.79 Å². The Morgan fingerprint density at radius 2 is 2.06 bits per heavy atom. The number of anilines is 1. The summed E-state index contributed by atoms with van der Waals surface area (Å²) in [5, 5.41) is 2.79. The van der Waals surface area contributed by atoms with Crippen LogP contribution in [-0.2, 0) is 4.79 Å². The fourth-order valence-electron chi connectivity index (χ4n) is 1.55. The van der Waals surface area contributed by atoms with E-state index in [1.807, 2.05) is 39.8 Å². The summed E-state index contributed by atoms with van der Waals surface area (Å²) in [6.07, 6.45) is 1.07. The van der Waals surface area contributed by atoms with Crippen LogP contribution in [0.2, 0.25) is 0 Å². The van der Waals surface area contributed by atoms with Crippen molar-refractivity contribution in [1.82, 2.24) is 4.98 Å². The number of hydrogen-bond donors (Lipinski definition) is 2. The first-order valence-corrected chi connectivity index (χ1v) is 5.80. The number of amides is 1. The smallest absolute Gasteiger partial charge is 0.225 e. The molecule has 0 atom stereocenters. The van der Waals surface area contributed by atoms with Crippen LogP contribution in [0.1, 0.15) is 37.9 Å². The third-order valence-corrected chi connectivity index (χ3v) is 2.36. The van der Waals surface area contributed by atoms with E-state index in [1.54, 1.807) is 0 Å². The fourth-order valence-corrected chi connectivity index (χ4v) is 1.55. The molecule has 1 aromatic rings. The molecule has 0 saturated carbocycles. The summed E-state index contributed by atoms with van der Waals surface area (Å²) in [5.41, 5.74) is 7.51. The summed E-state index contributed by atoms with van der Waals surface area (Å²) in [4.78, 5) is 15.9. The van der Waals surface area contributed by atoms with Crippen molar-refractivity contribution in [3.63, 3.8) is 0 Å². The monoisotopic (exact) mass is 235 g/mol. The zero-order chi connectivity index (χ0) is 13.1. The van der Waals surface area contributed by atoms with Crippen LogP contribution in [0.5, 0.6) is 0 Å². The fraction of sp³-hybridized carbons (Fsp3) is 0.538. The summed E-state index contributed by atoms with van der Waals surface area (Å²) in [6.45, 7) is 7.71. The zero-order valence-corrected chi connectivity index (χ0v) is 11.0. The Hall–Kier alpha value is -1.42. The van der Waals surface area contributed by atoms with Crippen molar-refractivity contribution < 1.29 is 4.79 Å². The van der Waals surface area contributed by atoms with Crippen LogP contribution < -0.4 is 11.1 Å². The van der Waals surface area contributed by atoms with Gasteiger partial charge in [-0.2, -0.15) is 0 Å². The van der Waals surface area contributed by atoms with Crippen molar-refractivity contribution in [2.75, 3.05) is 5.32 Å². The lowest BCUT2D eigenvalue weighted by Gasteiger charge is -2.17. The quantitative estimate of drug-likeness (QED) is 0.840. The van der Waals surface area contributed by atoms with Gasteiger partial charge in [0.05, 0.1) is 0 Å². The lowest BCUT2D eigenvalue weighted by Crippen LogP contribution is -2.33. The van der Waals surface area contributed by atoms with E-state index in [2.05, 4.69) is 10.3 Å². The molecule has 0 saturated heterocycles. The number of nitrogens with zero attached hydrogens (tertiary/aromatic N) is 1. The molecule has 1 amide bonds. The molecule has 0 aliphatic carbocycles. The van der Waals surface area contributed by atoms with Crippen molar-refractivity contribution in [2.45, 2.75) is 46.1 Å². The minimum atomic E-state index is -0.312. The maximum Gasteiger partial charge on any atom is 0.225 e. The normalized spacial score (nSPS) is 11.4. The third-order valence-electron chi connectivity index (χ3n) is 2.36. The number of rotatable bonds is 4. The number of aromatic nitrogens is 1. The zero-order valence-electron chi connectivity index (χ0n) is 11.0. The largest absolute Gasteiger partial charge is 0.326 e. The molecule has 0 aliphatic heterocycles. The number of carbonyl (C=O) groups is 1. The topological polar surface area (TPSA) is 68.0 Å². The van der Waals surface area contributed by atoms with E-state index in [9.17, 15) is 4.79 Å². The summed E-state index contributed by atoms with van der Waals surface area (Å²) >= 11 is 0. The second-order valence-corrected chi connectivity index (χ2v) is 5.21. The summed E-state index contributed by atoms with van der Waals surface area (Å²) in [5.74, 6) is 0.573. The van der Waals surface area contributed by atoms with Gasteiger partial charge in [0, 0.05) is 17.7 Å². The number of pyridine rings is 1. The SMILES string of the molecule is Cc1cc(C)nc(NC(=O)CCC(C)(C)N)c1. The Kier molecular flexibility index (Phi) is 4.23. The predicted molar refractivity (Wildman–Crippen MR) is 69.8 cm³/mol. The van der Waals surface area contributed by atoms with Gasteiger partial charge in [-0.15, -0.1) is 0 Å². The first-order chi connectivity index (χ1) is 7.76. The van der Waals surface area contributed by atoms with Crippen molar-refractivity contribution in [2.24, 2.45) is 5.73 Å². The van der Waals surface area contributed by atoms with Crippen LogP contribution in [0.25, 0.3) is 0 Å². The molecule has 4 nitrogen and oxygen atoms in total. The highest BCUT2D eigenvalue weighted by Crippen LogP contribution is 2.11. The van der Waals surface area contributed by atoms with Gasteiger partial charge in [-0.05, 0) is 51.8 Å². The molecule has 0 fully saturated rings. The molecule has 4 heteroatoms. The molecule has 3 N–H and O–H groups in total. The lowest BCUT2D eigenvalue weighted by molar-refractivity contribution is -0.116. The number of aryl methyl sites for hydroxylation is 2. The van der Waals surface area contributed by atoms with E-state index in [-0.39, 0.29) is 11.4 Å². The Morgan fingerprint density at radius 1 is 1.41 bits per heavy atom. The molecule has 0 spiro atoms. The molecule has 0 radical (unpaired) electrons. The van der Waals surface area contributed by atoms with Gasteiger partial charge in [0.2, 0.25) is 5.91 Å².